The van der Waals surface area contributed by atoms with Crippen LogP contribution in [0.5, 0.6) is 0 Å². The molecule has 0 bridgehead atoms. The third-order valence-electron chi connectivity index (χ3n) is 2.08. The van der Waals surface area contributed by atoms with E-state index in [0.717, 1.165) is 22.1 Å². The summed E-state index contributed by atoms with van der Waals surface area (Å²) in [5.41, 5.74) is 0. The van der Waals surface area contributed by atoms with Crippen LogP contribution in [0.4, 0.5) is 5.13 Å². The van der Waals surface area contributed by atoms with Gasteiger partial charge in [0.25, 0.3) is 0 Å². The highest BCUT2D eigenvalue weighted by Gasteiger charge is 2.24. The van der Waals surface area contributed by atoms with Crippen LogP contribution in [0.3, 0.4) is 0 Å². The lowest BCUT2D eigenvalue weighted by Gasteiger charge is -2.34. The molecule has 0 radical (unpaired) electrons. The lowest BCUT2D eigenvalue weighted by molar-refractivity contribution is -0.00525. The third kappa shape index (κ3) is 2.24. The number of anilines is 1. The van der Waals surface area contributed by atoms with Gasteiger partial charge in [-0.25, -0.2) is 0 Å². The highest BCUT2D eigenvalue weighted by atomic mass is 79.9. The van der Waals surface area contributed by atoms with E-state index >= 15 is 0 Å². The average molecular weight is 278 g/mol. The Labute approximate surface area is 95.4 Å². The molecule has 0 spiro atoms. The van der Waals surface area contributed by atoms with Crippen molar-refractivity contribution >= 4 is 32.4 Å². The molecule has 1 aliphatic rings. The number of ether oxygens (including phenoxy) is 1. The summed E-state index contributed by atoms with van der Waals surface area (Å²) < 4.78 is 6.48. The quantitative estimate of drug-likeness (QED) is 0.786. The average Bonchev–Trinajstić information content (AvgIpc) is 2.50. The van der Waals surface area contributed by atoms with Crippen molar-refractivity contribution < 1.29 is 4.74 Å². The van der Waals surface area contributed by atoms with E-state index in [1.165, 1.54) is 0 Å². The molecule has 0 aliphatic carbocycles. The summed E-state index contributed by atoms with van der Waals surface area (Å²) in [7, 11) is 0. The Morgan fingerprint density at radius 1 is 1.36 bits per heavy atom. The standard InChI is InChI=1S/C8H12BrN3OS/c1-5-3-12(4-6(2)13-5)8-11-10-7(9)14-8/h5-6H,3-4H2,1-2H3. The van der Waals surface area contributed by atoms with Crippen molar-refractivity contribution in [3.63, 3.8) is 0 Å². The predicted octanol–water partition coefficient (Wildman–Crippen LogP) is 1.91. The van der Waals surface area contributed by atoms with Gasteiger partial charge in [0.15, 0.2) is 3.92 Å². The first-order valence-electron chi connectivity index (χ1n) is 4.54. The summed E-state index contributed by atoms with van der Waals surface area (Å²) in [5, 5.41) is 9.02. The summed E-state index contributed by atoms with van der Waals surface area (Å²) in [6.45, 7) is 5.95. The van der Waals surface area contributed by atoms with Crippen molar-refractivity contribution in [3.05, 3.63) is 3.92 Å². The fourth-order valence-electron chi connectivity index (χ4n) is 1.66. The molecule has 1 fully saturated rings. The number of hydrogen-bond donors (Lipinski definition) is 0. The Morgan fingerprint density at radius 3 is 2.50 bits per heavy atom. The van der Waals surface area contributed by atoms with Crippen LogP contribution in [-0.2, 0) is 4.74 Å². The van der Waals surface area contributed by atoms with Crippen molar-refractivity contribution in [2.75, 3.05) is 18.0 Å². The minimum atomic E-state index is 0.265. The van der Waals surface area contributed by atoms with Crippen LogP contribution in [-0.4, -0.2) is 35.5 Å². The highest BCUT2D eigenvalue weighted by molar-refractivity contribution is 9.11. The van der Waals surface area contributed by atoms with Crippen LogP contribution in [0, 0.1) is 0 Å². The minimum absolute atomic E-state index is 0.265. The SMILES string of the molecule is CC1CN(c2nnc(Br)s2)CC(C)O1. The molecule has 2 atom stereocenters. The number of hydrogen-bond acceptors (Lipinski definition) is 5. The maximum Gasteiger partial charge on any atom is 0.209 e. The van der Waals surface area contributed by atoms with E-state index in [9.17, 15) is 0 Å². The zero-order valence-electron chi connectivity index (χ0n) is 8.11. The van der Waals surface area contributed by atoms with E-state index in [-0.39, 0.29) is 12.2 Å². The van der Waals surface area contributed by atoms with Gasteiger partial charge in [-0.1, -0.05) is 11.3 Å². The first-order chi connectivity index (χ1) is 6.65. The van der Waals surface area contributed by atoms with E-state index in [1.54, 1.807) is 11.3 Å². The van der Waals surface area contributed by atoms with Gasteiger partial charge in [-0.2, -0.15) is 0 Å². The number of rotatable bonds is 1. The van der Waals surface area contributed by atoms with Gasteiger partial charge in [-0.3, -0.25) is 0 Å². The molecule has 2 unspecified atom stereocenters. The Morgan fingerprint density at radius 2 is 2.00 bits per heavy atom. The summed E-state index contributed by atoms with van der Waals surface area (Å²) in [6.07, 6.45) is 0.530. The van der Waals surface area contributed by atoms with E-state index < -0.39 is 0 Å². The lowest BCUT2D eigenvalue weighted by Crippen LogP contribution is -2.45. The number of halogens is 1. The minimum Gasteiger partial charge on any atom is -0.372 e. The lowest BCUT2D eigenvalue weighted by atomic mass is 10.2. The molecular formula is C8H12BrN3OS. The number of morpholine rings is 1. The van der Waals surface area contributed by atoms with Gasteiger partial charge < -0.3 is 9.64 Å². The Bertz CT molecular complexity index is 309. The van der Waals surface area contributed by atoms with Crippen LogP contribution in [0.15, 0.2) is 3.92 Å². The smallest absolute Gasteiger partial charge is 0.209 e. The molecule has 2 heterocycles. The molecule has 0 N–H and O–H groups in total. The summed E-state index contributed by atoms with van der Waals surface area (Å²) in [6, 6.07) is 0. The fraction of sp³-hybridized carbons (Fsp3) is 0.750. The van der Waals surface area contributed by atoms with Crippen molar-refractivity contribution in [3.8, 4) is 0 Å². The van der Waals surface area contributed by atoms with Gasteiger partial charge in [0, 0.05) is 13.1 Å². The summed E-state index contributed by atoms with van der Waals surface area (Å²) in [5.74, 6) is 0. The Balaban J connectivity index is 2.10. The fourth-order valence-corrected chi connectivity index (χ4v) is 2.77. The highest BCUT2D eigenvalue weighted by Crippen LogP contribution is 2.26. The molecule has 1 saturated heterocycles. The zero-order valence-corrected chi connectivity index (χ0v) is 10.5. The van der Waals surface area contributed by atoms with E-state index in [0.29, 0.717) is 0 Å². The molecule has 0 aromatic carbocycles. The third-order valence-corrected chi connectivity index (χ3v) is 3.50. The maximum atomic E-state index is 5.65. The van der Waals surface area contributed by atoms with Crippen LogP contribution in [0.25, 0.3) is 0 Å². The van der Waals surface area contributed by atoms with Crippen LogP contribution in [0.1, 0.15) is 13.8 Å². The van der Waals surface area contributed by atoms with Crippen LogP contribution in [0.2, 0.25) is 0 Å². The van der Waals surface area contributed by atoms with Gasteiger partial charge in [-0.15, -0.1) is 10.2 Å². The molecule has 4 nitrogen and oxygen atoms in total. The van der Waals surface area contributed by atoms with Gasteiger partial charge in [-0.05, 0) is 29.8 Å². The second kappa shape index (κ2) is 4.12. The summed E-state index contributed by atoms with van der Waals surface area (Å²) >= 11 is 4.88. The summed E-state index contributed by atoms with van der Waals surface area (Å²) in [4.78, 5) is 2.22. The van der Waals surface area contributed by atoms with Gasteiger partial charge in [0.05, 0.1) is 12.2 Å². The van der Waals surface area contributed by atoms with Crippen LogP contribution < -0.4 is 4.90 Å². The molecule has 78 valence electrons. The molecule has 2 rings (SSSR count). The van der Waals surface area contributed by atoms with Crippen LogP contribution >= 0.6 is 27.3 Å². The molecule has 14 heavy (non-hydrogen) atoms. The number of nitrogens with zero attached hydrogens (tertiary/aromatic N) is 3. The number of aromatic nitrogens is 2. The first kappa shape index (κ1) is 10.3. The van der Waals surface area contributed by atoms with Crippen molar-refractivity contribution in [1.29, 1.82) is 0 Å². The molecule has 6 heteroatoms. The van der Waals surface area contributed by atoms with E-state index in [1.807, 2.05) is 0 Å². The molecule has 1 aliphatic heterocycles. The van der Waals surface area contributed by atoms with Crippen molar-refractivity contribution in [2.24, 2.45) is 0 Å². The van der Waals surface area contributed by atoms with E-state index in [2.05, 4.69) is 44.9 Å². The van der Waals surface area contributed by atoms with Crippen molar-refractivity contribution in [2.45, 2.75) is 26.1 Å². The molecule has 1 aromatic heterocycles. The molecule has 0 saturated carbocycles. The second-order valence-electron chi connectivity index (χ2n) is 3.50. The Hall–Kier alpha value is -0.200. The molecule has 0 amide bonds. The van der Waals surface area contributed by atoms with Gasteiger partial charge in [0.1, 0.15) is 0 Å². The largest absolute Gasteiger partial charge is 0.372 e. The van der Waals surface area contributed by atoms with Crippen molar-refractivity contribution in [1.82, 2.24) is 10.2 Å². The Kier molecular flexibility index (Phi) is 3.04. The molecular weight excluding hydrogens is 266 g/mol. The normalized spacial score (nSPS) is 28.1. The van der Waals surface area contributed by atoms with E-state index in [4.69, 9.17) is 4.74 Å². The maximum absolute atomic E-state index is 5.65. The first-order valence-corrected chi connectivity index (χ1v) is 6.15. The topological polar surface area (TPSA) is 38.2 Å². The van der Waals surface area contributed by atoms with Gasteiger partial charge >= 0.3 is 0 Å². The predicted molar refractivity (Wildman–Crippen MR) is 59.8 cm³/mol. The monoisotopic (exact) mass is 277 g/mol. The van der Waals surface area contributed by atoms with Gasteiger partial charge in [0.2, 0.25) is 5.13 Å². The second-order valence-corrected chi connectivity index (χ2v) is 5.73. The molecule has 1 aromatic rings. The zero-order chi connectivity index (χ0) is 10.1.